The van der Waals surface area contributed by atoms with Crippen molar-refractivity contribution < 1.29 is 13.5 Å². The molecule has 1 nitrogen and oxygen atoms in total. The Labute approximate surface area is 169 Å². The molecule has 2 atom stereocenters. The maximum Gasteiger partial charge on any atom is 0.127 e. The molecule has 3 aromatic rings. The van der Waals surface area contributed by atoms with E-state index in [1.54, 1.807) is 36.4 Å². The van der Waals surface area contributed by atoms with Crippen molar-refractivity contribution in [2.24, 2.45) is 0 Å². The summed E-state index contributed by atoms with van der Waals surface area (Å²) in [7, 11) is 0. The summed E-state index contributed by atoms with van der Waals surface area (Å²) in [5.41, 5.74) is 0.617. The van der Waals surface area contributed by atoms with E-state index in [1.165, 1.54) is 0 Å². The summed E-state index contributed by atoms with van der Waals surface area (Å²) >= 11 is 5.92. The van der Waals surface area contributed by atoms with Gasteiger partial charge in [0.15, 0.2) is 0 Å². The van der Waals surface area contributed by atoms with Crippen LogP contribution in [0, 0.1) is 0 Å². The highest BCUT2D eigenvalue weighted by Gasteiger charge is 2.28. The highest BCUT2D eigenvalue weighted by atomic mass is 35.5. The van der Waals surface area contributed by atoms with Crippen LogP contribution in [0.1, 0.15) is 37.1 Å². The number of hydrogen-bond acceptors (Lipinski definition) is 1. The lowest BCUT2D eigenvalue weighted by atomic mass is 9.79. The van der Waals surface area contributed by atoms with Crippen molar-refractivity contribution in [2.45, 2.75) is 31.4 Å². The van der Waals surface area contributed by atoms with Crippen LogP contribution in [0.4, 0.5) is 8.78 Å². The molecule has 0 radical (unpaired) electrons. The van der Waals surface area contributed by atoms with Gasteiger partial charge in [0.2, 0.25) is 0 Å². The Hall–Kier alpha value is -2.39. The molecule has 0 aromatic heterocycles. The second kappa shape index (κ2) is 9.20. The summed E-state index contributed by atoms with van der Waals surface area (Å²) in [6, 6.07) is 23.5. The first-order valence-electron chi connectivity index (χ1n) is 9.29. The zero-order valence-corrected chi connectivity index (χ0v) is 16.5. The zero-order chi connectivity index (χ0) is 20.0. The van der Waals surface area contributed by atoms with Gasteiger partial charge in [-0.1, -0.05) is 61.0 Å². The van der Waals surface area contributed by atoms with Gasteiger partial charge in [-0.2, -0.15) is 0 Å². The first kappa shape index (κ1) is 20.3. The number of halogens is 3. The van der Waals surface area contributed by atoms with Crippen molar-refractivity contribution in [3.05, 3.63) is 95.0 Å². The SMILES string of the molecule is CC(CF)(CCC(F)c1cccc(Oc2ccccc2)c1)c1ccc(Cl)cc1. The van der Waals surface area contributed by atoms with Gasteiger partial charge >= 0.3 is 0 Å². The molecule has 0 fully saturated rings. The van der Waals surface area contributed by atoms with E-state index < -0.39 is 18.3 Å². The molecule has 28 heavy (non-hydrogen) atoms. The topological polar surface area (TPSA) is 9.23 Å². The van der Waals surface area contributed by atoms with Gasteiger partial charge in [-0.05, 0) is 60.4 Å². The third-order valence-electron chi connectivity index (χ3n) is 4.98. The van der Waals surface area contributed by atoms with Gasteiger partial charge in [0.1, 0.15) is 17.7 Å². The van der Waals surface area contributed by atoms with Crippen LogP contribution in [-0.2, 0) is 5.41 Å². The van der Waals surface area contributed by atoms with E-state index in [1.807, 2.05) is 49.4 Å². The van der Waals surface area contributed by atoms with E-state index in [9.17, 15) is 8.78 Å². The van der Waals surface area contributed by atoms with E-state index in [4.69, 9.17) is 16.3 Å². The number of rotatable bonds is 8. The lowest BCUT2D eigenvalue weighted by Gasteiger charge is -2.28. The van der Waals surface area contributed by atoms with Crippen LogP contribution in [0.2, 0.25) is 5.02 Å². The highest BCUT2D eigenvalue weighted by molar-refractivity contribution is 6.30. The fraction of sp³-hybridized carbons (Fsp3) is 0.250. The van der Waals surface area contributed by atoms with E-state index in [-0.39, 0.29) is 6.42 Å². The van der Waals surface area contributed by atoms with E-state index >= 15 is 0 Å². The molecule has 146 valence electrons. The van der Waals surface area contributed by atoms with Crippen LogP contribution in [-0.4, -0.2) is 6.67 Å². The Morgan fingerprint density at radius 2 is 1.61 bits per heavy atom. The summed E-state index contributed by atoms with van der Waals surface area (Å²) in [6.07, 6.45) is -0.592. The molecule has 4 heteroatoms. The largest absolute Gasteiger partial charge is 0.457 e. The fourth-order valence-electron chi connectivity index (χ4n) is 3.15. The molecule has 0 saturated heterocycles. The van der Waals surface area contributed by atoms with Gasteiger partial charge in [-0.3, -0.25) is 4.39 Å². The van der Waals surface area contributed by atoms with Crippen molar-refractivity contribution >= 4 is 11.6 Å². The third kappa shape index (κ3) is 5.11. The van der Waals surface area contributed by atoms with Crippen LogP contribution < -0.4 is 4.74 Å². The van der Waals surface area contributed by atoms with Gasteiger partial charge < -0.3 is 4.74 Å². The Bertz CT molecular complexity index is 883. The normalized spacial score (nSPS) is 14.3. The minimum atomic E-state index is -1.20. The van der Waals surface area contributed by atoms with Gasteiger partial charge in [-0.15, -0.1) is 0 Å². The summed E-state index contributed by atoms with van der Waals surface area (Å²) in [5, 5.41) is 0.601. The standard InChI is InChI=1S/C24H23ClF2O/c1-24(17-26,19-10-12-20(25)13-11-19)15-14-23(27)18-6-5-9-22(16-18)28-21-7-3-2-4-8-21/h2-13,16,23H,14-15,17H2,1H3. The summed E-state index contributed by atoms with van der Waals surface area (Å²) in [5.74, 6) is 1.28. The monoisotopic (exact) mass is 400 g/mol. The first-order chi connectivity index (χ1) is 13.5. The van der Waals surface area contributed by atoms with Crippen molar-refractivity contribution in [3.8, 4) is 11.5 Å². The molecular formula is C24H23ClF2O. The predicted octanol–water partition coefficient (Wildman–Crippen LogP) is 7.85. The molecule has 0 aliphatic carbocycles. The Balaban J connectivity index is 1.67. The molecule has 2 unspecified atom stereocenters. The van der Waals surface area contributed by atoms with Gasteiger partial charge in [-0.25, -0.2) is 4.39 Å². The van der Waals surface area contributed by atoms with Gasteiger partial charge in [0.05, 0.1) is 6.67 Å². The van der Waals surface area contributed by atoms with Crippen LogP contribution >= 0.6 is 11.6 Å². The van der Waals surface area contributed by atoms with E-state index in [0.717, 1.165) is 5.56 Å². The lowest BCUT2D eigenvalue weighted by molar-refractivity contribution is 0.249. The van der Waals surface area contributed by atoms with Crippen LogP contribution in [0.3, 0.4) is 0 Å². The molecule has 0 heterocycles. The maximum atomic E-state index is 14.9. The zero-order valence-electron chi connectivity index (χ0n) is 15.7. The molecule has 0 spiro atoms. The minimum absolute atomic E-state index is 0.220. The summed E-state index contributed by atoms with van der Waals surface area (Å²) < 4.78 is 34.5. The smallest absolute Gasteiger partial charge is 0.127 e. The number of alkyl halides is 2. The van der Waals surface area contributed by atoms with Crippen molar-refractivity contribution in [3.63, 3.8) is 0 Å². The molecule has 0 bridgehead atoms. The average Bonchev–Trinajstić information content (AvgIpc) is 2.73. The molecule has 0 saturated carbocycles. The third-order valence-corrected chi connectivity index (χ3v) is 5.24. The molecule has 0 N–H and O–H groups in total. The maximum absolute atomic E-state index is 14.9. The number of benzene rings is 3. The highest BCUT2D eigenvalue weighted by Crippen LogP contribution is 2.35. The van der Waals surface area contributed by atoms with E-state index in [0.29, 0.717) is 28.5 Å². The van der Waals surface area contributed by atoms with Crippen LogP contribution in [0.5, 0.6) is 11.5 Å². The molecular weight excluding hydrogens is 378 g/mol. The summed E-state index contributed by atoms with van der Waals surface area (Å²) in [6.45, 7) is 1.26. The molecule has 3 aromatic carbocycles. The summed E-state index contributed by atoms with van der Waals surface area (Å²) in [4.78, 5) is 0. The molecule has 0 aliphatic rings. The second-order valence-electron chi connectivity index (χ2n) is 7.19. The molecule has 3 rings (SSSR count). The fourth-order valence-corrected chi connectivity index (χ4v) is 3.28. The predicted molar refractivity (Wildman–Crippen MR) is 111 cm³/mol. The number of para-hydroxylation sites is 1. The Morgan fingerprint density at radius 3 is 2.29 bits per heavy atom. The second-order valence-corrected chi connectivity index (χ2v) is 7.63. The van der Waals surface area contributed by atoms with Crippen molar-refractivity contribution in [1.29, 1.82) is 0 Å². The van der Waals surface area contributed by atoms with Gasteiger partial charge in [0.25, 0.3) is 0 Å². The first-order valence-corrected chi connectivity index (χ1v) is 9.67. The number of hydrogen-bond donors (Lipinski definition) is 0. The Morgan fingerprint density at radius 1 is 0.929 bits per heavy atom. The van der Waals surface area contributed by atoms with E-state index in [2.05, 4.69) is 0 Å². The Kier molecular flexibility index (Phi) is 6.69. The van der Waals surface area contributed by atoms with Crippen LogP contribution in [0.25, 0.3) is 0 Å². The van der Waals surface area contributed by atoms with Gasteiger partial charge in [0, 0.05) is 10.4 Å². The minimum Gasteiger partial charge on any atom is -0.457 e. The van der Waals surface area contributed by atoms with Crippen molar-refractivity contribution in [1.82, 2.24) is 0 Å². The molecule has 0 aliphatic heterocycles. The average molecular weight is 401 g/mol. The lowest BCUT2D eigenvalue weighted by Crippen LogP contribution is -2.25. The quantitative estimate of drug-likeness (QED) is 0.374. The number of ether oxygens (including phenoxy) is 1. The van der Waals surface area contributed by atoms with Crippen LogP contribution in [0.15, 0.2) is 78.9 Å². The van der Waals surface area contributed by atoms with Crippen molar-refractivity contribution in [2.75, 3.05) is 6.67 Å². The molecule has 0 amide bonds.